The summed E-state index contributed by atoms with van der Waals surface area (Å²) in [4.78, 5) is 20.4. The highest BCUT2D eigenvalue weighted by atomic mass is 79.9. The Morgan fingerprint density at radius 3 is 3.05 bits per heavy atom. The quantitative estimate of drug-likeness (QED) is 0.781. The van der Waals surface area contributed by atoms with Gasteiger partial charge in [0.05, 0.1) is 6.33 Å². The van der Waals surface area contributed by atoms with Crippen LogP contribution in [0.3, 0.4) is 0 Å². The Labute approximate surface area is 132 Å². The molecule has 0 aliphatic carbocycles. The summed E-state index contributed by atoms with van der Waals surface area (Å²) < 4.78 is 9.25. The number of carbonyl (C=O) groups is 1. The zero-order valence-corrected chi connectivity index (χ0v) is 13.8. The van der Waals surface area contributed by atoms with E-state index in [-0.39, 0.29) is 12.1 Å². The molecular formula is C12H12Br2N4O2. The van der Waals surface area contributed by atoms with Gasteiger partial charge in [-0.25, -0.2) is 9.97 Å². The fourth-order valence-corrected chi connectivity index (χ4v) is 3.53. The van der Waals surface area contributed by atoms with Gasteiger partial charge in [-0.15, -0.1) is 0 Å². The summed E-state index contributed by atoms with van der Waals surface area (Å²) in [6.07, 6.45) is 2.54. The molecule has 1 aliphatic rings. The number of nitrogens with one attached hydrogen (secondary N) is 1. The van der Waals surface area contributed by atoms with E-state index in [2.05, 4.69) is 47.1 Å². The third kappa shape index (κ3) is 2.36. The fourth-order valence-electron chi connectivity index (χ4n) is 2.33. The molecule has 1 aliphatic heterocycles. The van der Waals surface area contributed by atoms with Crippen molar-refractivity contribution >= 4 is 48.9 Å². The molecule has 2 aromatic rings. The van der Waals surface area contributed by atoms with Crippen molar-refractivity contribution in [3.63, 3.8) is 0 Å². The van der Waals surface area contributed by atoms with E-state index in [1.165, 1.54) is 0 Å². The number of likely N-dealkylation sites (N-methyl/N-ethyl adjacent to an activating group) is 1. The van der Waals surface area contributed by atoms with Gasteiger partial charge in [0.1, 0.15) is 22.5 Å². The van der Waals surface area contributed by atoms with E-state index in [1.54, 1.807) is 13.4 Å². The molecule has 20 heavy (non-hydrogen) atoms. The van der Waals surface area contributed by atoms with Crippen LogP contribution < -0.4 is 5.32 Å². The maximum atomic E-state index is 11.6. The number of hydrogen-bond acceptors (Lipinski definition) is 4. The molecule has 1 fully saturated rings. The maximum Gasteiger partial charge on any atom is 0.248 e. The second-order valence-corrected chi connectivity index (χ2v) is 6.19. The van der Waals surface area contributed by atoms with Crippen LogP contribution in [0.25, 0.3) is 11.2 Å². The van der Waals surface area contributed by atoms with Crippen LogP contribution >= 0.6 is 31.9 Å². The Morgan fingerprint density at radius 2 is 2.30 bits per heavy atom. The molecule has 3 rings (SSSR count). The Morgan fingerprint density at radius 1 is 1.50 bits per heavy atom. The fraction of sp³-hybridized carbons (Fsp3) is 0.417. The average molecular weight is 404 g/mol. The van der Waals surface area contributed by atoms with Crippen LogP contribution in [0.15, 0.2) is 21.5 Å². The number of pyridine rings is 1. The van der Waals surface area contributed by atoms with Gasteiger partial charge >= 0.3 is 0 Å². The molecule has 8 heteroatoms. The molecule has 0 spiro atoms. The van der Waals surface area contributed by atoms with E-state index >= 15 is 0 Å². The molecule has 106 valence electrons. The van der Waals surface area contributed by atoms with E-state index in [0.29, 0.717) is 6.42 Å². The molecule has 0 aromatic carbocycles. The van der Waals surface area contributed by atoms with Gasteiger partial charge in [-0.3, -0.25) is 9.36 Å². The molecule has 3 heterocycles. The van der Waals surface area contributed by atoms with E-state index in [4.69, 9.17) is 4.74 Å². The Bertz CT molecular complexity index is 673. The monoisotopic (exact) mass is 402 g/mol. The molecule has 0 unspecified atom stereocenters. The molecule has 0 bridgehead atoms. The maximum absolute atomic E-state index is 11.6. The predicted octanol–water partition coefficient (Wildman–Crippen LogP) is 2.38. The Kier molecular flexibility index (Phi) is 3.78. The van der Waals surface area contributed by atoms with Crippen molar-refractivity contribution in [3.8, 4) is 0 Å². The van der Waals surface area contributed by atoms with Crippen molar-refractivity contribution in [1.82, 2.24) is 19.9 Å². The van der Waals surface area contributed by atoms with Crippen LogP contribution in [0.5, 0.6) is 0 Å². The van der Waals surface area contributed by atoms with Crippen LogP contribution in [0.1, 0.15) is 19.1 Å². The molecule has 0 saturated carbocycles. The van der Waals surface area contributed by atoms with Crippen molar-refractivity contribution in [2.24, 2.45) is 0 Å². The van der Waals surface area contributed by atoms with Gasteiger partial charge in [0.15, 0.2) is 5.65 Å². The number of halogens is 2. The second kappa shape index (κ2) is 5.42. The Balaban J connectivity index is 1.94. The predicted molar refractivity (Wildman–Crippen MR) is 80.1 cm³/mol. The summed E-state index contributed by atoms with van der Waals surface area (Å²) in [6, 6.07) is 1.85. The molecule has 6 nitrogen and oxygen atoms in total. The third-order valence-corrected chi connectivity index (χ3v) is 4.31. The van der Waals surface area contributed by atoms with E-state index < -0.39 is 6.10 Å². The minimum absolute atomic E-state index is 0.0905. The zero-order chi connectivity index (χ0) is 14.3. The highest BCUT2D eigenvalue weighted by molar-refractivity contribution is 9.11. The number of rotatable bonds is 2. The minimum atomic E-state index is -0.405. The van der Waals surface area contributed by atoms with Crippen molar-refractivity contribution in [2.45, 2.75) is 25.2 Å². The van der Waals surface area contributed by atoms with Crippen molar-refractivity contribution < 1.29 is 9.53 Å². The highest BCUT2D eigenvalue weighted by Crippen LogP contribution is 2.32. The summed E-state index contributed by atoms with van der Waals surface area (Å²) in [7, 11) is 1.61. The smallest absolute Gasteiger partial charge is 0.248 e. The number of nitrogens with zero attached hydrogens (tertiary/aromatic N) is 3. The van der Waals surface area contributed by atoms with Crippen LogP contribution in [0.2, 0.25) is 0 Å². The van der Waals surface area contributed by atoms with Crippen molar-refractivity contribution in [1.29, 1.82) is 0 Å². The number of imidazole rings is 1. The lowest BCUT2D eigenvalue weighted by Crippen LogP contribution is -2.31. The number of carbonyl (C=O) groups excluding carboxylic acids is 1. The highest BCUT2D eigenvalue weighted by Gasteiger charge is 2.32. The van der Waals surface area contributed by atoms with Crippen LogP contribution in [-0.4, -0.2) is 33.6 Å². The first-order chi connectivity index (χ1) is 9.60. The lowest BCUT2D eigenvalue weighted by Gasteiger charge is -2.14. The summed E-state index contributed by atoms with van der Waals surface area (Å²) in [5, 5.41) is 2.61. The third-order valence-electron chi connectivity index (χ3n) is 3.30. The minimum Gasteiger partial charge on any atom is -0.357 e. The van der Waals surface area contributed by atoms with Gasteiger partial charge in [-0.05, 0) is 50.8 Å². The lowest BCUT2D eigenvalue weighted by atomic mass is 10.2. The first-order valence-electron chi connectivity index (χ1n) is 6.16. The molecule has 1 saturated heterocycles. The molecule has 1 N–H and O–H groups in total. The molecule has 2 atom stereocenters. The first kappa shape index (κ1) is 14.0. The van der Waals surface area contributed by atoms with Gasteiger partial charge in [-0.1, -0.05) is 0 Å². The van der Waals surface area contributed by atoms with Crippen LogP contribution in [-0.2, 0) is 9.53 Å². The standard InChI is InChI=1S/C12H12Br2N4O2/c1-15-12(19)7-2-3-9(20-7)18-5-16-10-6(13)4-8(14)17-11(10)18/h4-5,7,9H,2-3H2,1H3,(H,15,19)/t7-,9+/m0/s1. The lowest BCUT2D eigenvalue weighted by molar-refractivity contribution is -0.133. The summed E-state index contributed by atoms with van der Waals surface area (Å²) in [6.45, 7) is 0. The molecule has 1 amide bonds. The SMILES string of the molecule is CNC(=O)[C@@H]1CC[C@H](n2cnc3c(Br)cc(Br)nc32)O1. The van der Waals surface area contributed by atoms with Gasteiger partial charge < -0.3 is 10.1 Å². The van der Waals surface area contributed by atoms with E-state index in [9.17, 15) is 4.79 Å². The summed E-state index contributed by atoms with van der Waals surface area (Å²) in [5.41, 5.74) is 1.51. The van der Waals surface area contributed by atoms with Crippen LogP contribution in [0, 0.1) is 0 Å². The van der Waals surface area contributed by atoms with Crippen molar-refractivity contribution in [3.05, 3.63) is 21.5 Å². The molecule has 2 aromatic heterocycles. The van der Waals surface area contributed by atoms with E-state index in [1.807, 2.05) is 10.6 Å². The normalized spacial score (nSPS) is 22.4. The number of hydrogen-bond donors (Lipinski definition) is 1. The van der Waals surface area contributed by atoms with Gasteiger partial charge in [0.2, 0.25) is 5.91 Å². The number of aromatic nitrogens is 3. The van der Waals surface area contributed by atoms with Gasteiger partial charge in [0.25, 0.3) is 0 Å². The largest absolute Gasteiger partial charge is 0.357 e. The van der Waals surface area contributed by atoms with Crippen molar-refractivity contribution in [2.75, 3.05) is 7.05 Å². The topological polar surface area (TPSA) is 69.0 Å². The summed E-state index contributed by atoms with van der Waals surface area (Å²) in [5.74, 6) is -0.0905. The van der Waals surface area contributed by atoms with Gasteiger partial charge in [-0.2, -0.15) is 0 Å². The average Bonchev–Trinajstić information content (AvgIpc) is 3.03. The number of ether oxygens (including phenoxy) is 1. The number of fused-ring (bicyclic) bond motifs is 1. The van der Waals surface area contributed by atoms with Crippen LogP contribution in [0.4, 0.5) is 0 Å². The Hall–Kier alpha value is -0.990. The summed E-state index contributed by atoms with van der Waals surface area (Å²) >= 11 is 6.83. The molecule has 0 radical (unpaired) electrons. The van der Waals surface area contributed by atoms with Gasteiger partial charge in [0, 0.05) is 11.5 Å². The second-order valence-electron chi connectivity index (χ2n) is 4.52. The van der Waals surface area contributed by atoms with E-state index in [0.717, 1.165) is 26.7 Å². The molecular weight excluding hydrogens is 392 g/mol. The zero-order valence-electron chi connectivity index (χ0n) is 10.6. The first-order valence-corrected chi connectivity index (χ1v) is 7.74. The number of amides is 1.